The van der Waals surface area contributed by atoms with E-state index in [1.165, 1.54) is 11.8 Å². The number of aromatic nitrogens is 2. The number of likely N-dealkylation sites (N-methyl/N-ethyl adjacent to an activating group) is 1. The highest BCUT2D eigenvalue weighted by Gasteiger charge is 2.06. The molecule has 1 aromatic rings. The fourth-order valence-electron chi connectivity index (χ4n) is 1.02. The molecule has 6 heteroatoms. The minimum Gasteiger partial charge on any atom is -0.383 e. The van der Waals surface area contributed by atoms with Gasteiger partial charge in [0.15, 0.2) is 5.16 Å². The van der Waals surface area contributed by atoms with E-state index in [1.54, 1.807) is 13.2 Å². The van der Waals surface area contributed by atoms with Gasteiger partial charge in [-0.25, -0.2) is 9.97 Å². The second-order valence-electron chi connectivity index (χ2n) is 2.95. The molecule has 0 aromatic carbocycles. The average Bonchev–Trinajstić information content (AvgIpc) is 2.24. The van der Waals surface area contributed by atoms with E-state index < -0.39 is 0 Å². The van der Waals surface area contributed by atoms with Gasteiger partial charge in [0, 0.05) is 26.8 Å². The first-order chi connectivity index (χ1) is 7.17. The van der Waals surface area contributed by atoms with Gasteiger partial charge in [0.1, 0.15) is 11.0 Å². The fraction of sp³-hybridized carbons (Fsp3) is 0.556. The van der Waals surface area contributed by atoms with Crippen molar-refractivity contribution in [2.75, 3.05) is 38.5 Å². The van der Waals surface area contributed by atoms with Crippen molar-refractivity contribution in [1.82, 2.24) is 9.97 Å². The third-order valence-corrected chi connectivity index (χ3v) is 2.61. The normalized spacial score (nSPS) is 10.4. The second kappa shape index (κ2) is 6.15. The Labute approximate surface area is 99.0 Å². The monoisotopic (exact) mass is 247 g/mol. The van der Waals surface area contributed by atoms with Gasteiger partial charge in [0.25, 0.3) is 0 Å². The summed E-state index contributed by atoms with van der Waals surface area (Å²) in [5.74, 6) is 0.816. The van der Waals surface area contributed by atoms with Crippen LogP contribution in [0, 0.1) is 0 Å². The number of ether oxygens (including phenoxy) is 1. The summed E-state index contributed by atoms with van der Waals surface area (Å²) in [7, 11) is 3.62. The molecule has 0 radical (unpaired) electrons. The summed E-state index contributed by atoms with van der Waals surface area (Å²) in [5.41, 5.74) is 0. The number of hydrogen-bond donors (Lipinski definition) is 0. The smallest absolute Gasteiger partial charge is 0.190 e. The van der Waals surface area contributed by atoms with Crippen molar-refractivity contribution in [2.45, 2.75) is 5.16 Å². The summed E-state index contributed by atoms with van der Waals surface area (Å²) >= 11 is 7.36. The highest BCUT2D eigenvalue weighted by molar-refractivity contribution is 7.98. The Bertz CT molecular complexity index is 324. The zero-order chi connectivity index (χ0) is 11.3. The molecule has 0 atom stereocenters. The highest BCUT2D eigenvalue weighted by Crippen LogP contribution is 2.19. The van der Waals surface area contributed by atoms with Gasteiger partial charge in [-0.1, -0.05) is 23.4 Å². The second-order valence-corrected chi connectivity index (χ2v) is 4.11. The Kier molecular flexibility index (Phi) is 5.14. The zero-order valence-electron chi connectivity index (χ0n) is 9.03. The van der Waals surface area contributed by atoms with Crippen LogP contribution in [0.4, 0.5) is 5.82 Å². The minimum atomic E-state index is 0.466. The van der Waals surface area contributed by atoms with E-state index in [0.29, 0.717) is 16.9 Å². The summed E-state index contributed by atoms with van der Waals surface area (Å²) < 4.78 is 5.00. The number of hydrogen-bond acceptors (Lipinski definition) is 5. The van der Waals surface area contributed by atoms with Crippen molar-refractivity contribution in [2.24, 2.45) is 0 Å². The molecule has 0 amide bonds. The van der Waals surface area contributed by atoms with E-state index in [0.717, 1.165) is 12.4 Å². The molecule has 0 fully saturated rings. The van der Waals surface area contributed by atoms with E-state index in [2.05, 4.69) is 9.97 Å². The summed E-state index contributed by atoms with van der Waals surface area (Å²) in [6.07, 6.45) is 1.92. The van der Waals surface area contributed by atoms with Crippen molar-refractivity contribution < 1.29 is 4.74 Å². The molecule has 1 rings (SSSR count). The lowest BCUT2D eigenvalue weighted by molar-refractivity contribution is 0.206. The molecule has 0 aliphatic rings. The molecule has 1 aromatic heterocycles. The first-order valence-electron chi connectivity index (χ1n) is 4.46. The number of thioether (sulfide) groups is 1. The van der Waals surface area contributed by atoms with Crippen molar-refractivity contribution in [3.8, 4) is 0 Å². The van der Waals surface area contributed by atoms with Crippen LogP contribution in [0.15, 0.2) is 11.2 Å². The largest absolute Gasteiger partial charge is 0.383 e. The molecule has 0 spiro atoms. The van der Waals surface area contributed by atoms with E-state index in [4.69, 9.17) is 16.3 Å². The Hall–Kier alpha value is -0.520. The van der Waals surface area contributed by atoms with Crippen molar-refractivity contribution in [1.29, 1.82) is 0 Å². The SMILES string of the molecule is COCCN(C)c1cc(Cl)nc(SC)n1. The van der Waals surface area contributed by atoms with Crippen LogP contribution in [-0.4, -0.2) is 43.5 Å². The van der Waals surface area contributed by atoms with Crippen LogP contribution in [0.25, 0.3) is 0 Å². The summed E-state index contributed by atoms with van der Waals surface area (Å²) in [6.45, 7) is 1.43. The van der Waals surface area contributed by atoms with Gasteiger partial charge in [-0.2, -0.15) is 0 Å². The third kappa shape index (κ3) is 3.85. The molecule has 0 unspecified atom stereocenters. The van der Waals surface area contributed by atoms with Gasteiger partial charge >= 0.3 is 0 Å². The predicted octanol–water partition coefficient (Wildman–Crippen LogP) is 1.93. The lowest BCUT2D eigenvalue weighted by Crippen LogP contribution is -2.23. The molecular weight excluding hydrogens is 234 g/mol. The predicted molar refractivity (Wildman–Crippen MR) is 64.0 cm³/mol. The Morgan fingerprint density at radius 3 is 2.87 bits per heavy atom. The Balaban J connectivity index is 2.78. The standard InChI is InChI=1S/C9H14ClN3OS/c1-13(4-5-14-2)8-6-7(10)11-9(12-8)15-3/h6H,4-5H2,1-3H3. The van der Waals surface area contributed by atoms with Crippen LogP contribution >= 0.6 is 23.4 Å². The molecule has 1 heterocycles. The topological polar surface area (TPSA) is 38.2 Å². The maximum absolute atomic E-state index is 5.88. The quantitative estimate of drug-likeness (QED) is 0.452. The summed E-state index contributed by atoms with van der Waals surface area (Å²) in [6, 6.07) is 1.75. The average molecular weight is 248 g/mol. The number of anilines is 1. The van der Waals surface area contributed by atoms with Crippen molar-refractivity contribution in [3.63, 3.8) is 0 Å². The van der Waals surface area contributed by atoms with Gasteiger partial charge in [-0.05, 0) is 6.26 Å². The maximum atomic E-state index is 5.88. The molecule has 0 aliphatic heterocycles. The lowest BCUT2D eigenvalue weighted by atomic mass is 10.5. The number of nitrogens with zero attached hydrogens (tertiary/aromatic N) is 3. The Morgan fingerprint density at radius 2 is 2.27 bits per heavy atom. The number of methoxy groups -OCH3 is 1. The number of rotatable bonds is 5. The maximum Gasteiger partial charge on any atom is 0.190 e. The zero-order valence-corrected chi connectivity index (χ0v) is 10.6. The van der Waals surface area contributed by atoms with Crippen LogP contribution in [-0.2, 0) is 4.74 Å². The molecule has 84 valence electrons. The van der Waals surface area contributed by atoms with Crippen LogP contribution in [0.5, 0.6) is 0 Å². The van der Waals surface area contributed by atoms with Crippen LogP contribution in [0.2, 0.25) is 5.15 Å². The molecule has 0 bridgehead atoms. The molecule has 4 nitrogen and oxygen atoms in total. The molecule has 0 saturated heterocycles. The first kappa shape index (κ1) is 12.5. The van der Waals surface area contributed by atoms with Gasteiger partial charge in [-0.3, -0.25) is 0 Å². The van der Waals surface area contributed by atoms with E-state index >= 15 is 0 Å². The van der Waals surface area contributed by atoms with Crippen molar-refractivity contribution in [3.05, 3.63) is 11.2 Å². The third-order valence-electron chi connectivity index (χ3n) is 1.87. The van der Waals surface area contributed by atoms with Crippen molar-refractivity contribution >= 4 is 29.2 Å². The molecule has 0 N–H and O–H groups in total. The minimum absolute atomic E-state index is 0.466. The van der Waals surface area contributed by atoms with E-state index in [9.17, 15) is 0 Å². The van der Waals surface area contributed by atoms with E-state index in [-0.39, 0.29) is 0 Å². The van der Waals surface area contributed by atoms with Gasteiger partial charge in [0.05, 0.1) is 6.61 Å². The van der Waals surface area contributed by atoms with Crippen LogP contribution in [0.3, 0.4) is 0 Å². The highest BCUT2D eigenvalue weighted by atomic mass is 35.5. The van der Waals surface area contributed by atoms with Gasteiger partial charge in [0.2, 0.25) is 0 Å². The van der Waals surface area contributed by atoms with Crippen LogP contribution in [0.1, 0.15) is 0 Å². The Morgan fingerprint density at radius 1 is 1.53 bits per heavy atom. The summed E-state index contributed by atoms with van der Waals surface area (Å²) in [5, 5.41) is 1.15. The van der Waals surface area contributed by atoms with Gasteiger partial charge in [-0.15, -0.1) is 0 Å². The van der Waals surface area contributed by atoms with Crippen LogP contribution < -0.4 is 4.90 Å². The van der Waals surface area contributed by atoms with Gasteiger partial charge < -0.3 is 9.64 Å². The van der Waals surface area contributed by atoms with E-state index in [1.807, 2.05) is 18.2 Å². The molecule has 0 saturated carbocycles. The molecule has 0 aliphatic carbocycles. The lowest BCUT2D eigenvalue weighted by Gasteiger charge is -2.17. The fourth-order valence-corrected chi connectivity index (χ4v) is 1.62. The molecule has 15 heavy (non-hydrogen) atoms. The summed E-state index contributed by atoms with van der Waals surface area (Å²) in [4.78, 5) is 10.4. The molecular formula is C9H14ClN3OS. The number of halogens is 1. The first-order valence-corrected chi connectivity index (χ1v) is 6.06.